The average Bonchev–Trinajstić information content (AvgIpc) is 3.03. The van der Waals surface area contributed by atoms with E-state index in [0.717, 1.165) is 24.2 Å². The lowest BCUT2D eigenvalue weighted by atomic mass is 9.78. The highest BCUT2D eigenvalue weighted by atomic mass is 16.7. The highest BCUT2D eigenvalue weighted by Gasteiger charge is 2.49. The highest BCUT2D eigenvalue weighted by molar-refractivity contribution is 5.73. The van der Waals surface area contributed by atoms with Gasteiger partial charge in [-0.3, -0.25) is 4.79 Å². The summed E-state index contributed by atoms with van der Waals surface area (Å²) < 4.78 is 10.4. The van der Waals surface area contributed by atoms with Gasteiger partial charge in [0.05, 0.1) is 5.92 Å². The molecule has 4 atom stereocenters. The first-order valence-electron chi connectivity index (χ1n) is 8.86. The van der Waals surface area contributed by atoms with Gasteiger partial charge >= 0.3 is 5.97 Å². The fourth-order valence-corrected chi connectivity index (χ4v) is 4.35. The Labute approximate surface area is 129 Å². The quantitative estimate of drug-likeness (QED) is 0.359. The van der Waals surface area contributed by atoms with E-state index in [9.17, 15) is 4.79 Å². The van der Waals surface area contributed by atoms with Crippen molar-refractivity contribution in [2.24, 2.45) is 29.6 Å². The molecule has 2 bridgehead atoms. The summed E-state index contributed by atoms with van der Waals surface area (Å²) in [7, 11) is 0. The van der Waals surface area contributed by atoms with Crippen molar-refractivity contribution in [2.75, 3.05) is 13.4 Å². The van der Waals surface area contributed by atoms with Crippen LogP contribution >= 0.6 is 0 Å². The monoisotopic (exact) mass is 296 g/mol. The minimum Gasteiger partial charge on any atom is -0.438 e. The van der Waals surface area contributed by atoms with Gasteiger partial charge in [0, 0.05) is 6.61 Å². The van der Waals surface area contributed by atoms with Gasteiger partial charge < -0.3 is 9.47 Å². The number of hydrogen-bond acceptors (Lipinski definition) is 3. The molecule has 0 heterocycles. The topological polar surface area (TPSA) is 35.5 Å². The van der Waals surface area contributed by atoms with Crippen molar-refractivity contribution in [3.05, 3.63) is 0 Å². The lowest BCUT2D eigenvalue weighted by molar-refractivity contribution is -0.163. The number of unbranched alkanes of at least 4 members (excludes halogenated alkanes) is 1. The molecular weight excluding hydrogens is 264 g/mol. The van der Waals surface area contributed by atoms with Crippen LogP contribution in [0.25, 0.3) is 0 Å². The van der Waals surface area contributed by atoms with Crippen molar-refractivity contribution >= 4 is 5.97 Å². The van der Waals surface area contributed by atoms with Gasteiger partial charge in [-0.05, 0) is 49.9 Å². The Morgan fingerprint density at radius 3 is 2.67 bits per heavy atom. The van der Waals surface area contributed by atoms with E-state index in [-0.39, 0.29) is 18.7 Å². The van der Waals surface area contributed by atoms with E-state index < -0.39 is 0 Å². The summed E-state index contributed by atoms with van der Waals surface area (Å²) in [4.78, 5) is 12.2. The second kappa shape index (κ2) is 8.17. The maximum atomic E-state index is 12.2. The van der Waals surface area contributed by atoms with Crippen molar-refractivity contribution < 1.29 is 14.3 Å². The van der Waals surface area contributed by atoms with Crippen molar-refractivity contribution in [2.45, 2.75) is 65.7 Å². The lowest BCUT2D eigenvalue weighted by Crippen LogP contribution is -2.29. The van der Waals surface area contributed by atoms with E-state index in [1.54, 1.807) is 0 Å². The highest BCUT2D eigenvalue weighted by Crippen LogP contribution is 2.53. The summed E-state index contributed by atoms with van der Waals surface area (Å²) in [6.45, 7) is 7.23. The fraction of sp³-hybridized carbons (Fsp3) is 0.944. The molecule has 0 N–H and O–H groups in total. The number of carbonyl (C=O) groups excluding carboxylic acids is 1. The third-order valence-corrected chi connectivity index (χ3v) is 5.35. The number of hydrogen-bond donors (Lipinski definition) is 0. The molecule has 0 aliphatic heterocycles. The van der Waals surface area contributed by atoms with Gasteiger partial charge in [0.25, 0.3) is 0 Å². The zero-order valence-corrected chi connectivity index (χ0v) is 14.0. The molecule has 0 spiro atoms. The SMILES string of the molecule is CCOCOC(=O)C1CC2CC(CCCCC(C)C)C1C2. The van der Waals surface area contributed by atoms with Crippen LogP contribution in [0.15, 0.2) is 0 Å². The van der Waals surface area contributed by atoms with Gasteiger partial charge in [-0.2, -0.15) is 0 Å². The Morgan fingerprint density at radius 1 is 1.19 bits per heavy atom. The van der Waals surface area contributed by atoms with Crippen molar-refractivity contribution in [3.8, 4) is 0 Å². The van der Waals surface area contributed by atoms with Gasteiger partial charge in [0.1, 0.15) is 0 Å². The maximum absolute atomic E-state index is 12.2. The first-order chi connectivity index (χ1) is 10.1. The molecular formula is C18H32O3. The van der Waals surface area contributed by atoms with Crippen molar-refractivity contribution in [1.29, 1.82) is 0 Å². The predicted molar refractivity (Wildman–Crippen MR) is 83.7 cm³/mol. The van der Waals surface area contributed by atoms with Gasteiger partial charge in [-0.15, -0.1) is 0 Å². The van der Waals surface area contributed by atoms with Crippen molar-refractivity contribution in [1.82, 2.24) is 0 Å². The fourth-order valence-electron chi connectivity index (χ4n) is 4.35. The second-order valence-electron chi connectivity index (χ2n) is 7.36. The molecule has 2 fully saturated rings. The van der Waals surface area contributed by atoms with Gasteiger partial charge in [0.15, 0.2) is 6.79 Å². The molecule has 0 aromatic carbocycles. The molecule has 2 saturated carbocycles. The molecule has 2 rings (SSSR count). The zero-order valence-electron chi connectivity index (χ0n) is 14.0. The summed E-state index contributed by atoms with van der Waals surface area (Å²) in [5.41, 5.74) is 0. The van der Waals surface area contributed by atoms with Crippen LogP contribution in [0.4, 0.5) is 0 Å². The zero-order chi connectivity index (χ0) is 15.2. The van der Waals surface area contributed by atoms with E-state index in [1.807, 2.05) is 6.92 Å². The average molecular weight is 296 g/mol. The van der Waals surface area contributed by atoms with Crippen LogP contribution in [0.2, 0.25) is 0 Å². The number of esters is 1. The Kier molecular flexibility index (Phi) is 6.53. The molecule has 0 aromatic heterocycles. The number of carbonyl (C=O) groups is 1. The molecule has 3 heteroatoms. The standard InChI is InChI=1S/C18H32O3/c1-4-20-12-21-18(19)17-11-14-9-15(16(17)10-14)8-6-5-7-13(2)3/h13-17H,4-12H2,1-3H3. The smallest absolute Gasteiger partial charge is 0.311 e. The summed E-state index contributed by atoms with van der Waals surface area (Å²) in [6.07, 6.45) is 8.96. The van der Waals surface area contributed by atoms with Crippen LogP contribution in [0.1, 0.15) is 65.7 Å². The van der Waals surface area contributed by atoms with Crippen molar-refractivity contribution in [3.63, 3.8) is 0 Å². The summed E-state index contributed by atoms with van der Waals surface area (Å²) in [5.74, 6) is 3.08. The van der Waals surface area contributed by atoms with E-state index in [2.05, 4.69) is 13.8 Å². The number of rotatable bonds is 9. The third-order valence-electron chi connectivity index (χ3n) is 5.35. The minimum absolute atomic E-state index is 0.0113. The van der Waals surface area contributed by atoms with E-state index in [1.165, 1.54) is 38.5 Å². The third kappa shape index (κ3) is 4.70. The Morgan fingerprint density at radius 2 is 2.00 bits per heavy atom. The van der Waals surface area contributed by atoms with Crippen LogP contribution in [0.3, 0.4) is 0 Å². The van der Waals surface area contributed by atoms with Gasteiger partial charge in [-0.1, -0.05) is 39.5 Å². The van der Waals surface area contributed by atoms with Crippen LogP contribution in [0.5, 0.6) is 0 Å². The van der Waals surface area contributed by atoms with Crippen LogP contribution in [-0.4, -0.2) is 19.4 Å². The molecule has 122 valence electrons. The molecule has 2 aliphatic carbocycles. The molecule has 2 aliphatic rings. The number of fused-ring (bicyclic) bond motifs is 2. The van der Waals surface area contributed by atoms with Crippen LogP contribution in [0, 0.1) is 29.6 Å². The van der Waals surface area contributed by atoms with Gasteiger partial charge in [0.2, 0.25) is 0 Å². The number of ether oxygens (including phenoxy) is 2. The summed E-state index contributed by atoms with van der Waals surface area (Å²) in [5, 5.41) is 0. The molecule has 0 amide bonds. The summed E-state index contributed by atoms with van der Waals surface area (Å²) >= 11 is 0. The first kappa shape index (κ1) is 16.8. The van der Waals surface area contributed by atoms with Gasteiger partial charge in [-0.25, -0.2) is 0 Å². The molecule has 3 nitrogen and oxygen atoms in total. The largest absolute Gasteiger partial charge is 0.438 e. The molecule has 0 aromatic rings. The predicted octanol–water partition coefficient (Wildman–Crippen LogP) is 4.40. The van der Waals surface area contributed by atoms with Crippen LogP contribution < -0.4 is 0 Å². The molecule has 0 radical (unpaired) electrons. The Balaban J connectivity index is 1.72. The van der Waals surface area contributed by atoms with E-state index in [4.69, 9.17) is 9.47 Å². The molecule has 0 saturated heterocycles. The Hall–Kier alpha value is -0.570. The minimum atomic E-state index is -0.0113. The second-order valence-corrected chi connectivity index (χ2v) is 7.36. The first-order valence-corrected chi connectivity index (χ1v) is 8.86. The van der Waals surface area contributed by atoms with Crippen LogP contribution in [-0.2, 0) is 14.3 Å². The van der Waals surface area contributed by atoms with E-state index >= 15 is 0 Å². The normalized spacial score (nSPS) is 31.0. The lowest BCUT2D eigenvalue weighted by Gasteiger charge is -2.28. The molecule has 21 heavy (non-hydrogen) atoms. The maximum Gasteiger partial charge on any atom is 0.311 e. The Bertz CT molecular complexity index is 326. The molecule has 4 unspecified atom stereocenters. The van der Waals surface area contributed by atoms with E-state index in [0.29, 0.717) is 12.5 Å². The summed E-state index contributed by atoms with van der Waals surface area (Å²) in [6, 6.07) is 0.